The van der Waals surface area contributed by atoms with Crippen LogP contribution in [0.25, 0.3) is 0 Å². The molecule has 20 heavy (non-hydrogen) atoms. The van der Waals surface area contributed by atoms with E-state index in [1.807, 2.05) is 6.07 Å². The van der Waals surface area contributed by atoms with Crippen molar-refractivity contribution in [2.45, 2.75) is 32.7 Å². The average molecular weight is 277 g/mol. The first-order chi connectivity index (χ1) is 9.54. The number of rotatable bonds is 7. The van der Waals surface area contributed by atoms with Crippen molar-refractivity contribution in [1.29, 1.82) is 0 Å². The molecule has 0 fully saturated rings. The summed E-state index contributed by atoms with van der Waals surface area (Å²) < 4.78 is 4.74. The zero-order valence-electron chi connectivity index (χ0n) is 11.7. The smallest absolute Gasteiger partial charge is 0.306 e. The van der Waals surface area contributed by atoms with Crippen LogP contribution in [0.15, 0.2) is 30.3 Å². The molecule has 1 aromatic carbocycles. The molecule has 1 rings (SSSR count). The number of esters is 1. The molecule has 1 unspecified atom stereocenters. The van der Waals surface area contributed by atoms with Crippen molar-refractivity contribution >= 4 is 17.7 Å². The lowest BCUT2D eigenvalue weighted by molar-refractivity contribution is -0.144. The lowest BCUT2D eigenvalue weighted by Crippen LogP contribution is -2.38. The fourth-order valence-corrected chi connectivity index (χ4v) is 1.62. The molecule has 0 radical (unpaired) electrons. The summed E-state index contributed by atoms with van der Waals surface area (Å²) in [5.41, 5.74) is 0.498. The van der Waals surface area contributed by atoms with E-state index in [2.05, 4.69) is 5.32 Å². The Morgan fingerprint density at radius 2 is 1.80 bits per heavy atom. The van der Waals surface area contributed by atoms with Crippen molar-refractivity contribution in [3.05, 3.63) is 35.9 Å². The van der Waals surface area contributed by atoms with Gasteiger partial charge in [-0.2, -0.15) is 0 Å². The molecule has 1 aromatic rings. The number of benzene rings is 1. The van der Waals surface area contributed by atoms with E-state index in [1.165, 1.54) is 0 Å². The minimum atomic E-state index is -0.628. The van der Waals surface area contributed by atoms with Crippen LogP contribution in [0.4, 0.5) is 0 Å². The highest BCUT2D eigenvalue weighted by Crippen LogP contribution is 2.02. The molecule has 108 valence electrons. The van der Waals surface area contributed by atoms with E-state index in [1.54, 1.807) is 38.1 Å². The summed E-state index contributed by atoms with van der Waals surface area (Å²) in [6, 6.07) is 8.03. The molecule has 0 aliphatic rings. The van der Waals surface area contributed by atoms with E-state index in [0.717, 1.165) is 0 Å². The molecule has 0 bridgehead atoms. The standard InChI is InChI=1S/C15H19NO4/c1-3-20-14(18)10-9-13(17)11(2)16-15(19)12-7-5-4-6-8-12/h4-8,11H,3,9-10H2,1-2H3,(H,16,19). The fourth-order valence-electron chi connectivity index (χ4n) is 1.62. The SMILES string of the molecule is CCOC(=O)CCC(=O)C(C)NC(=O)c1ccccc1. The van der Waals surface area contributed by atoms with Crippen LogP contribution in [0, 0.1) is 0 Å². The van der Waals surface area contributed by atoms with Crippen molar-refractivity contribution in [3.8, 4) is 0 Å². The van der Waals surface area contributed by atoms with Gasteiger partial charge in [-0.15, -0.1) is 0 Å². The normalized spacial score (nSPS) is 11.5. The molecule has 5 heteroatoms. The van der Waals surface area contributed by atoms with Crippen molar-refractivity contribution in [2.24, 2.45) is 0 Å². The Morgan fingerprint density at radius 3 is 2.40 bits per heavy atom. The summed E-state index contributed by atoms with van der Waals surface area (Å²) in [7, 11) is 0. The summed E-state index contributed by atoms with van der Waals surface area (Å²) in [6.45, 7) is 3.62. The van der Waals surface area contributed by atoms with Gasteiger partial charge in [0.05, 0.1) is 19.1 Å². The lowest BCUT2D eigenvalue weighted by Gasteiger charge is -2.12. The second-order valence-electron chi connectivity index (χ2n) is 4.33. The number of amides is 1. The van der Waals surface area contributed by atoms with Gasteiger partial charge >= 0.3 is 5.97 Å². The predicted octanol–water partition coefficient (Wildman–Crippen LogP) is 1.72. The number of ketones is 1. The van der Waals surface area contributed by atoms with Gasteiger partial charge in [-0.1, -0.05) is 18.2 Å². The summed E-state index contributed by atoms with van der Waals surface area (Å²) in [5.74, 6) is -0.896. The third-order valence-electron chi connectivity index (χ3n) is 2.75. The van der Waals surface area contributed by atoms with E-state index in [-0.39, 0.29) is 24.5 Å². The molecule has 1 atom stereocenters. The van der Waals surface area contributed by atoms with Gasteiger partial charge in [0, 0.05) is 12.0 Å². The fraction of sp³-hybridized carbons (Fsp3) is 0.400. The zero-order valence-corrected chi connectivity index (χ0v) is 11.7. The lowest BCUT2D eigenvalue weighted by atomic mass is 10.1. The number of nitrogens with one attached hydrogen (secondary N) is 1. The van der Waals surface area contributed by atoms with Crippen LogP contribution in [-0.4, -0.2) is 30.3 Å². The van der Waals surface area contributed by atoms with Gasteiger partial charge < -0.3 is 10.1 Å². The topological polar surface area (TPSA) is 72.5 Å². The van der Waals surface area contributed by atoms with Crippen LogP contribution in [-0.2, 0) is 14.3 Å². The Bertz CT molecular complexity index is 470. The maximum Gasteiger partial charge on any atom is 0.306 e. The minimum Gasteiger partial charge on any atom is -0.466 e. The average Bonchev–Trinajstić information content (AvgIpc) is 2.45. The van der Waals surface area contributed by atoms with E-state index in [9.17, 15) is 14.4 Å². The van der Waals surface area contributed by atoms with Gasteiger partial charge in [-0.25, -0.2) is 0 Å². The molecule has 0 aliphatic carbocycles. The van der Waals surface area contributed by atoms with Crippen LogP contribution < -0.4 is 5.32 Å². The molecule has 1 amide bonds. The highest BCUT2D eigenvalue weighted by atomic mass is 16.5. The van der Waals surface area contributed by atoms with Crippen LogP contribution in [0.3, 0.4) is 0 Å². The Hall–Kier alpha value is -2.17. The number of hydrogen-bond acceptors (Lipinski definition) is 4. The van der Waals surface area contributed by atoms with Gasteiger partial charge in [0.25, 0.3) is 5.91 Å². The summed E-state index contributed by atoms with van der Waals surface area (Å²) in [6.07, 6.45) is 0.104. The Morgan fingerprint density at radius 1 is 1.15 bits per heavy atom. The third-order valence-corrected chi connectivity index (χ3v) is 2.75. The highest BCUT2D eigenvalue weighted by molar-refractivity contribution is 5.98. The van der Waals surface area contributed by atoms with Gasteiger partial charge in [-0.3, -0.25) is 14.4 Å². The predicted molar refractivity (Wildman–Crippen MR) is 74.2 cm³/mol. The number of carbonyl (C=O) groups excluding carboxylic acids is 3. The van der Waals surface area contributed by atoms with E-state index >= 15 is 0 Å². The Balaban J connectivity index is 2.42. The van der Waals surface area contributed by atoms with E-state index in [4.69, 9.17) is 4.74 Å². The first kappa shape index (κ1) is 15.9. The molecule has 0 saturated heterocycles. The van der Waals surface area contributed by atoms with Crippen molar-refractivity contribution in [1.82, 2.24) is 5.32 Å². The first-order valence-corrected chi connectivity index (χ1v) is 6.58. The van der Waals surface area contributed by atoms with Gasteiger partial charge in [-0.05, 0) is 26.0 Å². The zero-order chi connectivity index (χ0) is 15.0. The third kappa shape index (κ3) is 5.22. The summed E-state index contributed by atoms with van der Waals surface area (Å²) in [5, 5.41) is 2.61. The molecular formula is C15H19NO4. The minimum absolute atomic E-state index is 0.0399. The molecule has 0 spiro atoms. The van der Waals surface area contributed by atoms with Gasteiger partial charge in [0.1, 0.15) is 0 Å². The van der Waals surface area contributed by atoms with Gasteiger partial charge in [0.2, 0.25) is 0 Å². The molecule has 0 aromatic heterocycles. The number of hydrogen-bond donors (Lipinski definition) is 1. The molecular weight excluding hydrogens is 258 g/mol. The van der Waals surface area contributed by atoms with Crippen molar-refractivity contribution < 1.29 is 19.1 Å². The number of carbonyl (C=O) groups is 3. The molecule has 0 aliphatic heterocycles. The number of Topliss-reactive ketones (excluding diaryl/α,β-unsaturated/α-hetero) is 1. The highest BCUT2D eigenvalue weighted by Gasteiger charge is 2.17. The van der Waals surface area contributed by atoms with Crippen molar-refractivity contribution in [2.75, 3.05) is 6.61 Å². The molecule has 0 saturated carbocycles. The van der Waals surface area contributed by atoms with Crippen molar-refractivity contribution in [3.63, 3.8) is 0 Å². The first-order valence-electron chi connectivity index (χ1n) is 6.58. The second kappa shape index (κ2) is 8.09. The maximum atomic E-state index is 11.8. The van der Waals surface area contributed by atoms with Crippen LogP contribution >= 0.6 is 0 Å². The van der Waals surface area contributed by atoms with E-state index < -0.39 is 12.0 Å². The largest absolute Gasteiger partial charge is 0.466 e. The molecule has 5 nitrogen and oxygen atoms in total. The van der Waals surface area contributed by atoms with Crippen LogP contribution in [0.2, 0.25) is 0 Å². The monoisotopic (exact) mass is 277 g/mol. The van der Waals surface area contributed by atoms with Crippen LogP contribution in [0.1, 0.15) is 37.0 Å². The Labute approximate surface area is 118 Å². The van der Waals surface area contributed by atoms with E-state index in [0.29, 0.717) is 12.2 Å². The summed E-state index contributed by atoms with van der Waals surface area (Å²) in [4.78, 5) is 34.8. The summed E-state index contributed by atoms with van der Waals surface area (Å²) >= 11 is 0. The quantitative estimate of drug-likeness (QED) is 0.770. The van der Waals surface area contributed by atoms with Crippen LogP contribution in [0.5, 0.6) is 0 Å². The maximum absolute atomic E-state index is 11.8. The second-order valence-corrected chi connectivity index (χ2v) is 4.33. The number of ether oxygens (including phenoxy) is 1. The Kier molecular flexibility index (Phi) is 6.43. The molecule has 0 heterocycles. The molecule has 1 N–H and O–H groups in total. The van der Waals surface area contributed by atoms with Gasteiger partial charge in [0.15, 0.2) is 5.78 Å².